The number of nitrogens with one attached hydrogen (secondary N) is 1. The van der Waals surface area contributed by atoms with Gasteiger partial charge < -0.3 is 5.32 Å². The zero-order valence-corrected chi connectivity index (χ0v) is 11.7. The lowest BCUT2D eigenvalue weighted by molar-refractivity contribution is 0.554. The van der Waals surface area contributed by atoms with Crippen LogP contribution in [0.5, 0.6) is 0 Å². The van der Waals surface area contributed by atoms with Crippen molar-refractivity contribution in [2.24, 2.45) is 0 Å². The number of hydrogen-bond donors (Lipinski definition) is 1. The molecule has 0 fully saturated rings. The van der Waals surface area contributed by atoms with Crippen LogP contribution >= 0.6 is 0 Å². The Morgan fingerprint density at radius 2 is 1.90 bits per heavy atom. The SMILES string of the molecule is Cc1ccccc1C(C)NCc1nnc2ccccn12. The second-order valence-corrected chi connectivity index (χ2v) is 5.00. The number of nitrogens with zero attached hydrogens (tertiary/aromatic N) is 3. The van der Waals surface area contributed by atoms with Crippen LogP contribution in [-0.2, 0) is 6.54 Å². The fraction of sp³-hybridized carbons (Fsp3) is 0.250. The first-order chi connectivity index (χ1) is 9.75. The van der Waals surface area contributed by atoms with Crippen LogP contribution in [0.2, 0.25) is 0 Å². The molecule has 0 aliphatic rings. The molecule has 3 aromatic rings. The predicted molar refractivity (Wildman–Crippen MR) is 79.4 cm³/mol. The van der Waals surface area contributed by atoms with E-state index in [0.717, 1.165) is 11.5 Å². The molecule has 20 heavy (non-hydrogen) atoms. The fourth-order valence-corrected chi connectivity index (χ4v) is 2.44. The minimum Gasteiger partial charge on any atom is -0.303 e. The third-order valence-electron chi connectivity index (χ3n) is 3.61. The number of fused-ring (bicyclic) bond motifs is 1. The van der Waals surface area contributed by atoms with Crippen molar-refractivity contribution in [3.05, 3.63) is 65.6 Å². The molecule has 1 N–H and O–H groups in total. The molecule has 1 aromatic carbocycles. The first kappa shape index (κ1) is 12.8. The minimum absolute atomic E-state index is 0.285. The molecule has 2 aromatic heterocycles. The van der Waals surface area contributed by atoms with Crippen LogP contribution in [0.1, 0.15) is 29.9 Å². The molecule has 3 rings (SSSR count). The summed E-state index contributed by atoms with van der Waals surface area (Å²) in [6.07, 6.45) is 1.99. The smallest absolute Gasteiger partial charge is 0.160 e. The standard InChI is InChI=1S/C16H18N4/c1-12-7-3-4-8-14(12)13(2)17-11-16-19-18-15-9-5-6-10-20(15)16/h3-10,13,17H,11H2,1-2H3. The highest BCUT2D eigenvalue weighted by Gasteiger charge is 2.09. The maximum atomic E-state index is 4.23. The topological polar surface area (TPSA) is 42.2 Å². The zero-order chi connectivity index (χ0) is 13.9. The lowest BCUT2D eigenvalue weighted by Gasteiger charge is -2.15. The summed E-state index contributed by atoms with van der Waals surface area (Å²) in [5.41, 5.74) is 3.51. The fourth-order valence-electron chi connectivity index (χ4n) is 2.44. The van der Waals surface area contributed by atoms with Crippen LogP contribution in [0, 0.1) is 6.92 Å². The van der Waals surface area contributed by atoms with Crippen molar-refractivity contribution < 1.29 is 0 Å². The summed E-state index contributed by atoms with van der Waals surface area (Å²) in [4.78, 5) is 0. The number of aromatic nitrogens is 3. The van der Waals surface area contributed by atoms with Crippen LogP contribution in [0.25, 0.3) is 5.65 Å². The van der Waals surface area contributed by atoms with Crippen molar-refractivity contribution in [1.82, 2.24) is 19.9 Å². The van der Waals surface area contributed by atoms with E-state index in [2.05, 4.69) is 53.6 Å². The van der Waals surface area contributed by atoms with E-state index in [4.69, 9.17) is 0 Å². The molecule has 4 heteroatoms. The Balaban J connectivity index is 1.75. The monoisotopic (exact) mass is 266 g/mol. The van der Waals surface area contributed by atoms with Crippen LogP contribution in [0.3, 0.4) is 0 Å². The van der Waals surface area contributed by atoms with E-state index in [0.29, 0.717) is 6.54 Å². The van der Waals surface area contributed by atoms with Crippen LogP contribution in [0.4, 0.5) is 0 Å². The van der Waals surface area contributed by atoms with Gasteiger partial charge in [-0.05, 0) is 37.1 Å². The third kappa shape index (κ3) is 2.42. The number of pyridine rings is 1. The summed E-state index contributed by atoms with van der Waals surface area (Å²) in [5.74, 6) is 0.932. The molecule has 0 aliphatic carbocycles. The van der Waals surface area contributed by atoms with Gasteiger partial charge in [0.05, 0.1) is 6.54 Å². The van der Waals surface area contributed by atoms with E-state index in [-0.39, 0.29) is 6.04 Å². The van der Waals surface area contributed by atoms with E-state index < -0.39 is 0 Å². The van der Waals surface area contributed by atoms with Crippen LogP contribution in [-0.4, -0.2) is 14.6 Å². The Morgan fingerprint density at radius 1 is 1.10 bits per heavy atom. The molecular weight excluding hydrogens is 248 g/mol. The highest BCUT2D eigenvalue weighted by atomic mass is 15.3. The number of benzene rings is 1. The lowest BCUT2D eigenvalue weighted by Crippen LogP contribution is -2.20. The van der Waals surface area contributed by atoms with E-state index in [1.165, 1.54) is 11.1 Å². The van der Waals surface area contributed by atoms with E-state index in [9.17, 15) is 0 Å². The van der Waals surface area contributed by atoms with Crippen molar-refractivity contribution in [2.75, 3.05) is 0 Å². The second-order valence-electron chi connectivity index (χ2n) is 5.00. The van der Waals surface area contributed by atoms with E-state index in [1.807, 2.05) is 28.8 Å². The van der Waals surface area contributed by atoms with Gasteiger partial charge in [-0.2, -0.15) is 0 Å². The highest BCUT2D eigenvalue weighted by molar-refractivity contribution is 5.37. The first-order valence-electron chi connectivity index (χ1n) is 6.83. The molecule has 0 amide bonds. The minimum atomic E-state index is 0.285. The summed E-state index contributed by atoms with van der Waals surface area (Å²) in [5, 5.41) is 11.9. The van der Waals surface area contributed by atoms with Gasteiger partial charge in [-0.15, -0.1) is 10.2 Å². The second kappa shape index (κ2) is 5.43. The Kier molecular flexibility index (Phi) is 3.48. The van der Waals surface area contributed by atoms with Gasteiger partial charge in [-0.1, -0.05) is 30.3 Å². The lowest BCUT2D eigenvalue weighted by atomic mass is 10.0. The van der Waals surface area contributed by atoms with Crippen molar-refractivity contribution in [3.63, 3.8) is 0 Å². The summed E-state index contributed by atoms with van der Waals surface area (Å²) >= 11 is 0. The first-order valence-corrected chi connectivity index (χ1v) is 6.83. The molecule has 1 unspecified atom stereocenters. The number of hydrogen-bond acceptors (Lipinski definition) is 3. The molecule has 1 atom stereocenters. The van der Waals surface area contributed by atoms with Crippen molar-refractivity contribution in [2.45, 2.75) is 26.4 Å². The zero-order valence-electron chi connectivity index (χ0n) is 11.7. The predicted octanol–water partition coefficient (Wildman–Crippen LogP) is 2.89. The molecule has 102 valence electrons. The van der Waals surface area contributed by atoms with Gasteiger partial charge >= 0.3 is 0 Å². The van der Waals surface area contributed by atoms with Gasteiger partial charge in [0.2, 0.25) is 0 Å². The van der Waals surface area contributed by atoms with Gasteiger partial charge in [0.1, 0.15) is 0 Å². The average Bonchev–Trinajstić information content (AvgIpc) is 2.88. The maximum Gasteiger partial charge on any atom is 0.160 e. The van der Waals surface area contributed by atoms with Gasteiger partial charge in [0.25, 0.3) is 0 Å². The quantitative estimate of drug-likeness (QED) is 0.789. The van der Waals surface area contributed by atoms with E-state index >= 15 is 0 Å². The number of rotatable bonds is 4. The third-order valence-corrected chi connectivity index (χ3v) is 3.61. The molecule has 4 nitrogen and oxygen atoms in total. The Bertz CT molecular complexity index is 717. The Morgan fingerprint density at radius 3 is 2.75 bits per heavy atom. The van der Waals surface area contributed by atoms with Crippen molar-refractivity contribution in [1.29, 1.82) is 0 Å². The molecule has 0 saturated heterocycles. The van der Waals surface area contributed by atoms with Crippen LogP contribution in [0.15, 0.2) is 48.7 Å². The van der Waals surface area contributed by atoms with Gasteiger partial charge in [-0.3, -0.25) is 4.40 Å². The normalized spacial score (nSPS) is 12.7. The molecule has 0 radical (unpaired) electrons. The maximum absolute atomic E-state index is 4.23. The molecule has 0 bridgehead atoms. The largest absolute Gasteiger partial charge is 0.303 e. The molecule has 0 spiro atoms. The molecule has 2 heterocycles. The average molecular weight is 266 g/mol. The molecular formula is C16H18N4. The highest BCUT2D eigenvalue weighted by Crippen LogP contribution is 2.17. The Labute approximate surface area is 118 Å². The number of aryl methyl sites for hydroxylation is 1. The molecule has 0 saturated carbocycles. The van der Waals surface area contributed by atoms with Crippen LogP contribution < -0.4 is 5.32 Å². The van der Waals surface area contributed by atoms with Gasteiger partial charge in [0.15, 0.2) is 11.5 Å². The summed E-state index contributed by atoms with van der Waals surface area (Å²) < 4.78 is 2.01. The summed E-state index contributed by atoms with van der Waals surface area (Å²) in [6, 6.07) is 14.6. The van der Waals surface area contributed by atoms with Gasteiger partial charge in [-0.25, -0.2) is 0 Å². The van der Waals surface area contributed by atoms with E-state index in [1.54, 1.807) is 0 Å². The Hall–Kier alpha value is -2.20. The molecule has 0 aliphatic heterocycles. The van der Waals surface area contributed by atoms with Crippen molar-refractivity contribution >= 4 is 5.65 Å². The van der Waals surface area contributed by atoms with Gasteiger partial charge in [0, 0.05) is 12.2 Å². The summed E-state index contributed by atoms with van der Waals surface area (Å²) in [6.45, 7) is 5.01. The van der Waals surface area contributed by atoms with Crippen molar-refractivity contribution in [3.8, 4) is 0 Å². The summed E-state index contributed by atoms with van der Waals surface area (Å²) in [7, 11) is 0.